The summed E-state index contributed by atoms with van der Waals surface area (Å²) >= 11 is 0. The zero-order chi connectivity index (χ0) is 13.7. The van der Waals surface area contributed by atoms with Crippen molar-refractivity contribution in [1.29, 1.82) is 0 Å². The standard InChI is InChI=1S/C15H26N4/c1-4-13-11(3)17-15(16-5-2)19-14(13)18-12-9-7-6-8-10-12/h12H,4-10H2,1-3H3,(H2,16,17,18,19). The van der Waals surface area contributed by atoms with Crippen molar-refractivity contribution in [3.05, 3.63) is 11.3 Å². The van der Waals surface area contributed by atoms with Gasteiger partial charge in [0.05, 0.1) is 0 Å². The molecule has 1 aliphatic carbocycles. The molecule has 2 rings (SSSR count). The molecule has 1 heterocycles. The van der Waals surface area contributed by atoms with Crippen LogP contribution in [-0.2, 0) is 6.42 Å². The first-order valence-electron chi connectivity index (χ1n) is 7.62. The molecule has 0 atom stereocenters. The number of hydrogen-bond acceptors (Lipinski definition) is 4. The third kappa shape index (κ3) is 3.58. The van der Waals surface area contributed by atoms with E-state index in [9.17, 15) is 0 Å². The molecule has 0 radical (unpaired) electrons. The van der Waals surface area contributed by atoms with Gasteiger partial charge in [-0.3, -0.25) is 0 Å². The second-order valence-electron chi connectivity index (χ2n) is 5.32. The van der Waals surface area contributed by atoms with E-state index >= 15 is 0 Å². The first-order chi connectivity index (χ1) is 9.24. The fourth-order valence-electron chi connectivity index (χ4n) is 2.82. The van der Waals surface area contributed by atoms with Crippen LogP contribution in [0.25, 0.3) is 0 Å². The monoisotopic (exact) mass is 262 g/mol. The van der Waals surface area contributed by atoms with E-state index in [4.69, 9.17) is 0 Å². The molecule has 1 aromatic rings. The van der Waals surface area contributed by atoms with Crippen molar-refractivity contribution < 1.29 is 0 Å². The highest BCUT2D eigenvalue weighted by Crippen LogP contribution is 2.25. The quantitative estimate of drug-likeness (QED) is 0.852. The molecule has 1 saturated carbocycles. The minimum absolute atomic E-state index is 0.586. The number of aromatic nitrogens is 2. The van der Waals surface area contributed by atoms with Crippen molar-refractivity contribution >= 4 is 11.8 Å². The summed E-state index contributed by atoms with van der Waals surface area (Å²) in [4.78, 5) is 9.18. The molecular formula is C15H26N4. The summed E-state index contributed by atoms with van der Waals surface area (Å²) in [6.45, 7) is 7.17. The van der Waals surface area contributed by atoms with E-state index in [1.54, 1.807) is 0 Å². The van der Waals surface area contributed by atoms with Gasteiger partial charge in [0.25, 0.3) is 0 Å². The molecule has 0 amide bonds. The summed E-state index contributed by atoms with van der Waals surface area (Å²) in [5, 5.41) is 6.86. The van der Waals surface area contributed by atoms with E-state index in [0.29, 0.717) is 6.04 Å². The maximum Gasteiger partial charge on any atom is 0.224 e. The fraction of sp³-hybridized carbons (Fsp3) is 0.733. The predicted octanol–water partition coefficient (Wildman–Crippen LogP) is 3.52. The highest BCUT2D eigenvalue weighted by atomic mass is 15.1. The maximum absolute atomic E-state index is 4.65. The van der Waals surface area contributed by atoms with Gasteiger partial charge < -0.3 is 10.6 Å². The topological polar surface area (TPSA) is 49.8 Å². The number of nitrogens with zero attached hydrogens (tertiary/aromatic N) is 2. The Bertz CT molecular complexity index is 411. The lowest BCUT2D eigenvalue weighted by molar-refractivity contribution is 0.461. The Labute approximate surface area is 116 Å². The van der Waals surface area contributed by atoms with Gasteiger partial charge in [-0.1, -0.05) is 26.2 Å². The molecular weight excluding hydrogens is 236 g/mol. The highest BCUT2D eigenvalue weighted by molar-refractivity contribution is 5.51. The Morgan fingerprint density at radius 3 is 2.47 bits per heavy atom. The summed E-state index contributed by atoms with van der Waals surface area (Å²) in [5.41, 5.74) is 2.35. The number of rotatable bonds is 5. The minimum atomic E-state index is 0.586. The van der Waals surface area contributed by atoms with Crippen LogP contribution in [0, 0.1) is 6.92 Å². The summed E-state index contributed by atoms with van der Waals surface area (Å²) < 4.78 is 0. The molecule has 2 N–H and O–H groups in total. The van der Waals surface area contributed by atoms with Crippen molar-refractivity contribution in [3.8, 4) is 0 Å². The molecule has 1 fully saturated rings. The number of nitrogens with one attached hydrogen (secondary N) is 2. The van der Waals surface area contributed by atoms with E-state index < -0.39 is 0 Å². The second kappa shape index (κ2) is 6.73. The molecule has 1 aliphatic rings. The molecule has 19 heavy (non-hydrogen) atoms. The van der Waals surface area contributed by atoms with Crippen molar-refractivity contribution in [2.24, 2.45) is 0 Å². The minimum Gasteiger partial charge on any atom is -0.367 e. The average Bonchev–Trinajstić information content (AvgIpc) is 2.40. The first kappa shape index (κ1) is 14.1. The molecule has 0 saturated heterocycles. The van der Waals surface area contributed by atoms with Crippen LogP contribution in [0.3, 0.4) is 0 Å². The van der Waals surface area contributed by atoms with Crippen LogP contribution in [0.2, 0.25) is 0 Å². The molecule has 1 aromatic heterocycles. The molecule has 4 heteroatoms. The Balaban J connectivity index is 2.19. The van der Waals surface area contributed by atoms with Crippen LogP contribution in [0.1, 0.15) is 57.2 Å². The van der Waals surface area contributed by atoms with Crippen LogP contribution in [0.4, 0.5) is 11.8 Å². The van der Waals surface area contributed by atoms with E-state index in [1.165, 1.54) is 37.7 Å². The van der Waals surface area contributed by atoms with Gasteiger partial charge in [-0.25, -0.2) is 4.98 Å². The third-order valence-electron chi connectivity index (χ3n) is 3.85. The summed E-state index contributed by atoms with van der Waals surface area (Å²) in [7, 11) is 0. The Morgan fingerprint density at radius 1 is 1.11 bits per heavy atom. The molecule has 0 aliphatic heterocycles. The van der Waals surface area contributed by atoms with Crippen LogP contribution in [0.5, 0.6) is 0 Å². The molecule has 0 spiro atoms. The Hall–Kier alpha value is -1.32. The lowest BCUT2D eigenvalue weighted by Gasteiger charge is -2.25. The Morgan fingerprint density at radius 2 is 1.84 bits per heavy atom. The van der Waals surface area contributed by atoms with Gasteiger partial charge in [-0.05, 0) is 33.1 Å². The maximum atomic E-state index is 4.65. The zero-order valence-electron chi connectivity index (χ0n) is 12.4. The van der Waals surface area contributed by atoms with E-state index in [2.05, 4.69) is 41.4 Å². The van der Waals surface area contributed by atoms with Crippen LogP contribution >= 0.6 is 0 Å². The zero-order valence-corrected chi connectivity index (χ0v) is 12.4. The average molecular weight is 262 g/mol. The summed E-state index contributed by atoms with van der Waals surface area (Å²) in [6.07, 6.45) is 7.57. The smallest absolute Gasteiger partial charge is 0.224 e. The van der Waals surface area contributed by atoms with Gasteiger partial charge in [-0.2, -0.15) is 4.98 Å². The van der Waals surface area contributed by atoms with Gasteiger partial charge >= 0.3 is 0 Å². The third-order valence-corrected chi connectivity index (χ3v) is 3.85. The molecule has 0 unspecified atom stereocenters. The Kier molecular flexibility index (Phi) is 5.00. The second-order valence-corrected chi connectivity index (χ2v) is 5.32. The normalized spacial score (nSPS) is 16.4. The molecule has 0 aromatic carbocycles. The number of hydrogen-bond donors (Lipinski definition) is 2. The van der Waals surface area contributed by atoms with Gasteiger partial charge in [0.2, 0.25) is 5.95 Å². The fourth-order valence-corrected chi connectivity index (χ4v) is 2.82. The predicted molar refractivity (Wildman–Crippen MR) is 80.8 cm³/mol. The number of anilines is 2. The largest absolute Gasteiger partial charge is 0.367 e. The van der Waals surface area contributed by atoms with Gasteiger partial charge in [0, 0.05) is 23.8 Å². The van der Waals surface area contributed by atoms with Crippen molar-refractivity contribution in [2.45, 2.75) is 65.3 Å². The molecule has 4 nitrogen and oxygen atoms in total. The lowest BCUT2D eigenvalue weighted by atomic mass is 9.95. The van der Waals surface area contributed by atoms with Crippen LogP contribution in [-0.4, -0.2) is 22.6 Å². The SMILES string of the molecule is CCNc1nc(C)c(CC)c(NC2CCCCC2)n1. The lowest BCUT2D eigenvalue weighted by Crippen LogP contribution is -2.24. The van der Waals surface area contributed by atoms with Crippen molar-refractivity contribution in [2.75, 3.05) is 17.2 Å². The summed E-state index contributed by atoms with van der Waals surface area (Å²) in [6, 6.07) is 0.586. The van der Waals surface area contributed by atoms with Gasteiger partial charge in [-0.15, -0.1) is 0 Å². The van der Waals surface area contributed by atoms with Crippen LogP contribution < -0.4 is 10.6 Å². The van der Waals surface area contributed by atoms with Crippen molar-refractivity contribution in [1.82, 2.24) is 9.97 Å². The van der Waals surface area contributed by atoms with E-state index in [-0.39, 0.29) is 0 Å². The van der Waals surface area contributed by atoms with Gasteiger partial charge in [0.15, 0.2) is 0 Å². The van der Waals surface area contributed by atoms with Gasteiger partial charge in [0.1, 0.15) is 5.82 Å². The summed E-state index contributed by atoms with van der Waals surface area (Å²) in [5.74, 6) is 1.79. The number of aryl methyl sites for hydroxylation is 1. The first-order valence-corrected chi connectivity index (χ1v) is 7.62. The highest BCUT2D eigenvalue weighted by Gasteiger charge is 2.17. The molecule has 106 valence electrons. The van der Waals surface area contributed by atoms with E-state index in [0.717, 1.165) is 30.4 Å². The molecule has 0 bridgehead atoms. The van der Waals surface area contributed by atoms with Crippen molar-refractivity contribution in [3.63, 3.8) is 0 Å². The van der Waals surface area contributed by atoms with E-state index in [1.807, 2.05) is 0 Å². The van der Waals surface area contributed by atoms with Crippen LogP contribution in [0.15, 0.2) is 0 Å².